The van der Waals surface area contributed by atoms with Crippen LogP contribution in [0, 0.1) is 6.92 Å². The molecule has 0 fully saturated rings. The summed E-state index contributed by atoms with van der Waals surface area (Å²) in [6, 6.07) is 12.0. The molecule has 0 spiro atoms. The molecule has 1 aromatic carbocycles. The predicted molar refractivity (Wildman–Crippen MR) is 98.2 cm³/mol. The predicted octanol–water partition coefficient (Wildman–Crippen LogP) is 5.14. The lowest BCUT2D eigenvalue weighted by Crippen LogP contribution is -2.11. The fourth-order valence-corrected chi connectivity index (χ4v) is 3.70. The minimum Gasteiger partial charge on any atom is -0.326 e. The van der Waals surface area contributed by atoms with Crippen LogP contribution in [0.3, 0.4) is 0 Å². The van der Waals surface area contributed by atoms with Crippen molar-refractivity contribution >= 4 is 34.3 Å². The summed E-state index contributed by atoms with van der Waals surface area (Å²) < 4.78 is 0. The summed E-state index contributed by atoms with van der Waals surface area (Å²) in [5, 5.41) is 8.13. The molecule has 3 rings (SSSR count). The van der Waals surface area contributed by atoms with Crippen molar-refractivity contribution in [2.75, 3.05) is 5.32 Å². The van der Waals surface area contributed by atoms with Crippen molar-refractivity contribution < 1.29 is 4.79 Å². The van der Waals surface area contributed by atoms with Crippen molar-refractivity contribution in [3.8, 4) is 11.3 Å². The van der Waals surface area contributed by atoms with Crippen LogP contribution in [0.25, 0.3) is 11.3 Å². The smallest absolute Gasteiger partial charge is 0.224 e. The number of carbonyl (C=O) groups excluding carboxylic acids is 1. The molecule has 23 heavy (non-hydrogen) atoms. The van der Waals surface area contributed by atoms with Gasteiger partial charge in [0.2, 0.25) is 5.91 Å². The Balaban J connectivity index is 1.50. The Kier molecular flexibility index (Phi) is 5.20. The number of hydrogen-bond donors (Lipinski definition) is 1. The van der Waals surface area contributed by atoms with Crippen molar-refractivity contribution in [1.82, 2.24) is 4.98 Å². The number of thiophene rings is 1. The van der Waals surface area contributed by atoms with E-state index in [9.17, 15) is 4.79 Å². The van der Waals surface area contributed by atoms with Gasteiger partial charge in [-0.25, -0.2) is 4.98 Å². The summed E-state index contributed by atoms with van der Waals surface area (Å²) in [4.78, 5) is 17.8. The number of anilines is 1. The van der Waals surface area contributed by atoms with Gasteiger partial charge in [0.15, 0.2) is 0 Å². The number of aromatic nitrogens is 1. The minimum atomic E-state index is 0.0683. The van der Waals surface area contributed by atoms with Gasteiger partial charge in [0, 0.05) is 27.9 Å². The maximum Gasteiger partial charge on any atom is 0.224 e. The van der Waals surface area contributed by atoms with Gasteiger partial charge in [0.25, 0.3) is 0 Å². The molecule has 2 heterocycles. The monoisotopic (exact) mass is 342 g/mol. The molecule has 0 atom stereocenters. The lowest BCUT2D eigenvalue weighted by Gasteiger charge is -2.06. The highest BCUT2D eigenvalue weighted by Crippen LogP contribution is 2.23. The molecule has 0 aliphatic heterocycles. The van der Waals surface area contributed by atoms with E-state index in [0.29, 0.717) is 6.42 Å². The Morgan fingerprint density at radius 1 is 1.17 bits per heavy atom. The summed E-state index contributed by atoms with van der Waals surface area (Å²) in [6.45, 7) is 2.00. The average Bonchev–Trinajstić information content (AvgIpc) is 3.20. The molecule has 0 aliphatic rings. The number of nitrogens with zero attached hydrogens (tertiary/aromatic N) is 1. The normalized spacial score (nSPS) is 10.7. The van der Waals surface area contributed by atoms with E-state index in [1.54, 1.807) is 22.7 Å². The summed E-state index contributed by atoms with van der Waals surface area (Å²) in [5.41, 5.74) is 2.90. The summed E-state index contributed by atoms with van der Waals surface area (Å²) >= 11 is 3.38. The highest BCUT2D eigenvalue weighted by molar-refractivity contribution is 7.10. The zero-order valence-corrected chi connectivity index (χ0v) is 14.5. The second-order valence-corrected chi connectivity index (χ2v) is 7.40. The molecule has 0 saturated carbocycles. The van der Waals surface area contributed by atoms with E-state index in [1.807, 2.05) is 42.6 Å². The minimum absolute atomic E-state index is 0.0683. The molecule has 2 aromatic heterocycles. The maximum atomic E-state index is 12.0. The largest absolute Gasteiger partial charge is 0.326 e. The first-order valence-electron chi connectivity index (χ1n) is 7.55. The molecular weight excluding hydrogens is 324 g/mol. The fourth-order valence-electron chi connectivity index (χ4n) is 2.32. The van der Waals surface area contributed by atoms with Crippen LogP contribution in [-0.4, -0.2) is 10.9 Å². The third-order valence-electron chi connectivity index (χ3n) is 3.49. The van der Waals surface area contributed by atoms with Crippen molar-refractivity contribution in [2.24, 2.45) is 0 Å². The first kappa shape index (κ1) is 15.9. The van der Waals surface area contributed by atoms with Gasteiger partial charge < -0.3 is 5.32 Å². The first-order valence-corrected chi connectivity index (χ1v) is 9.31. The summed E-state index contributed by atoms with van der Waals surface area (Å²) in [7, 11) is 0. The molecule has 0 bridgehead atoms. The van der Waals surface area contributed by atoms with Crippen LogP contribution in [0.15, 0.2) is 47.2 Å². The molecule has 118 valence electrons. The summed E-state index contributed by atoms with van der Waals surface area (Å²) in [5.74, 6) is 0.0683. The van der Waals surface area contributed by atoms with Crippen LogP contribution in [-0.2, 0) is 11.2 Å². The van der Waals surface area contributed by atoms with Crippen molar-refractivity contribution in [3.05, 3.63) is 57.0 Å². The molecule has 3 nitrogen and oxygen atoms in total. The van der Waals surface area contributed by atoms with E-state index in [0.717, 1.165) is 34.8 Å². The van der Waals surface area contributed by atoms with Crippen molar-refractivity contribution in [3.63, 3.8) is 0 Å². The Morgan fingerprint density at radius 2 is 2.00 bits per heavy atom. The Bertz CT molecular complexity index is 761. The topological polar surface area (TPSA) is 42.0 Å². The van der Waals surface area contributed by atoms with Crippen LogP contribution < -0.4 is 5.32 Å². The van der Waals surface area contributed by atoms with Gasteiger partial charge in [0.1, 0.15) is 0 Å². The zero-order valence-electron chi connectivity index (χ0n) is 12.9. The Hall–Kier alpha value is -1.98. The van der Waals surface area contributed by atoms with Crippen LogP contribution >= 0.6 is 22.7 Å². The Labute approximate surface area is 144 Å². The second-order valence-electron chi connectivity index (χ2n) is 5.31. The number of nitrogens with one attached hydrogen (secondary N) is 1. The molecular formula is C18H18N2OS2. The fraction of sp³-hybridized carbons (Fsp3) is 0.222. The first-order chi connectivity index (χ1) is 11.2. The third kappa shape index (κ3) is 4.50. The number of amides is 1. The van der Waals surface area contributed by atoms with Crippen LogP contribution in [0.5, 0.6) is 0 Å². The van der Waals surface area contributed by atoms with Crippen molar-refractivity contribution in [1.29, 1.82) is 0 Å². The summed E-state index contributed by atoms with van der Waals surface area (Å²) in [6.07, 6.45) is 2.39. The second kappa shape index (κ2) is 7.53. The van der Waals surface area contributed by atoms with E-state index in [-0.39, 0.29) is 5.91 Å². The quantitative estimate of drug-likeness (QED) is 0.674. The lowest BCUT2D eigenvalue weighted by molar-refractivity contribution is -0.116. The van der Waals surface area contributed by atoms with E-state index in [2.05, 4.69) is 21.7 Å². The van der Waals surface area contributed by atoms with Gasteiger partial charge in [-0.2, -0.15) is 0 Å². The molecule has 5 heteroatoms. The van der Waals surface area contributed by atoms with Gasteiger partial charge in [0.05, 0.1) is 10.7 Å². The van der Waals surface area contributed by atoms with E-state index in [4.69, 9.17) is 0 Å². The molecule has 1 amide bonds. The highest BCUT2D eigenvalue weighted by atomic mass is 32.1. The van der Waals surface area contributed by atoms with Crippen LogP contribution in [0.2, 0.25) is 0 Å². The molecule has 3 aromatic rings. The third-order valence-corrected chi connectivity index (χ3v) is 5.20. The van der Waals surface area contributed by atoms with Gasteiger partial charge in [-0.05, 0) is 43.3 Å². The van der Waals surface area contributed by atoms with Crippen molar-refractivity contribution in [2.45, 2.75) is 26.2 Å². The number of benzene rings is 1. The molecule has 0 saturated heterocycles. The maximum absolute atomic E-state index is 12.0. The number of carbonyl (C=O) groups is 1. The van der Waals surface area contributed by atoms with E-state index < -0.39 is 0 Å². The number of thiazole rings is 1. The van der Waals surface area contributed by atoms with Gasteiger partial charge in [-0.15, -0.1) is 22.7 Å². The SMILES string of the molecule is Cc1nc(-c2ccc(NC(=O)CCCc3cccs3)cc2)cs1. The van der Waals surface area contributed by atoms with Gasteiger partial charge in [-0.1, -0.05) is 18.2 Å². The van der Waals surface area contributed by atoms with Crippen LogP contribution in [0.1, 0.15) is 22.7 Å². The molecule has 1 N–H and O–H groups in total. The zero-order chi connectivity index (χ0) is 16.1. The average molecular weight is 342 g/mol. The highest BCUT2D eigenvalue weighted by Gasteiger charge is 2.05. The number of hydrogen-bond acceptors (Lipinski definition) is 4. The molecule has 0 aliphatic carbocycles. The number of aryl methyl sites for hydroxylation is 2. The molecule has 0 unspecified atom stereocenters. The van der Waals surface area contributed by atoms with Gasteiger partial charge in [-0.3, -0.25) is 4.79 Å². The van der Waals surface area contributed by atoms with Gasteiger partial charge >= 0.3 is 0 Å². The van der Waals surface area contributed by atoms with E-state index in [1.165, 1.54) is 4.88 Å². The van der Waals surface area contributed by atoms with E-state index >= 15 is 0 Å². The number of rotatable bonds is 6. The Morgan fingerprint density at radius 3 is 2.65 bits per heavy atom. The standard InChI is InChI=1S/C18H18N2OS2/c1-13-19-17(12-23-13)14-7-9-15(10-8-14)20-18(21)6-2-4-16-5-3-11-22-16/h3,5,7-12H,2,4,6H2,1H3,(H,20,21). The van der Waals surface area contributed by atoms with Crippen LogP contribution in [0.4, 0.5) is 5.69 Å². The molecule has 0 radical (unpaired) electrons. The lowest BCUT2D eigenvalue weighted by atomic mass is 10.1.